The summed E-state index contributed by atoms with van der Waals surface area (Å²) in [6.07, 6.45) is 0. The summed E-state index contributed by atoms with van der Waals surface area (Å²) < 4.78 is 0. The van der Waals surface area contributed by atoms with Crippen molar-refractivity contribution >= 4 is 17.7 Å². The molecule has 114 valence electrons. The molecule has 1 aromatic carbocycles. The molecule has 1 aliphatic rings. The predicted octanol–water partition coefficient (Wildman–Crippen LogP) is 1.59. The van der Waals surface area contributed by atoms with Gasteiger partial charge in [-0.25, -0.2) is 4.79 Å². The van der Waals surface area contributed by atoms with Crippen molar-refractivity contribution in [3.63, 3.8) is 0 Å². The lowest BCUT2D eigenvalue weighted by molar-refractivity contribution is -0.142. The number of hydrogen-bond acceptors (Lipinski definition) is 3. The SMILES string of the molecule is CNCc1ccccc1NC(=O)N1C[C@@H](C)[C@H](C(=O)O)C1. The molecule has 2 rings (SSSR count). The third kappa shape index (κ3) is 3.52. The number of carboxylic acid groups (broad SMARTS) is 1. The predicted molar refractivity (Wildman–Crippen MR) is 80.1 cm³/mol. The number of urea groups is 1. The molecule has 1 fully saturated rings. The van der Waals surface area contributed by atoms with E-state index in [1.807, 2.05) is 38.2 Å². The van der Waals surface area contributed by atoms with Gasteiger partial charge < -0.3 is 20.6 Å². The molecule has 1 saturated heterocycles. The van der Waals surface area contributed by atoms with Crippen molar-refractivity contribution in [1.82, 2.24) is 10.2 Å². The van der Waals surface area contributed by atoms with Crippen LogP contribution in [0.1, 0.15) is 12.5 Å². The van der Waals surface area contributed by atoms with Gasteiger partial charge in [-0.1, -0.05) is 25.1 Å². The van der Waals surface area contributed by atoms with Crippen LogP contribution in [0, 0.1) is 11.8 Å². The molecule has 2 amide bonds. The molecular formula is C15H21N3O3. The highest BCUT2D eigenvalue weighted by atomic mass is 16.4. The fourth-order valence-electron chi connectivity index (χ4n) is 2.64. The summed E-state index contributed by atoms with van der Waals surface area (Å²) in [7, 11) is 1.85. The molecule has 1 aromatic rings. The topological polar surface area (TPSA) is 81.7 Å². The number of nitrogens with zero attached hydrogens (tertiary/aromatic N) is 1. The monoisotopic (exact) mass is 291 g/mol. The summed E-state index contributed by atoms with van der Waals surface area (Å²) in [6.45, 7) is 3.25. The molecule has 0 unspecified atom stereocenters. The number of benzene rings is 1. The lowest BCUT2D eigenvalue weighted by Crippen LogP contribution is -2.34. The van der Waals surface area contributed by atoms with Gasteiger partial charge in [0.25, 0.3) is 0 Å². The van der Waals surface area contributed by atoms with Crippen molar-refractivity contribution in [1.29, 1.82) is 0 Å². The van der Waals surface area contributed by atoms with Crippen molar-refractivity contribution in [3.8, 4) is 0 Å². The molecular weight excluding hydrogens is 270 g/mol. The minimum atomic E-state index is -0.839. The first-order valence-electron chi connectivity index (χ1n) is 7.04. The van der Waals surface area contributed by atoms with Gasteiger partial charge in [0.1, 0.15) is 0 Å². The van der Waals surface area contributed by atoms with E-state index in [-0.39, 0.29) is 18.5 Å². The maximum Gasteiger partial charge on any atom is 0.321 e. The van der Waals surface area contributed by atoms with Crippen molar-refractivity contribution < 1.29 is 14.7 Å². The number of anilines is 1. The first-order chi connectivity index (χ1) is 10.0. The van der Waals surface area contributed by atoms with Crippen LogP contribution in [-0.4, -0.2) is 42.1 Å². The van der Waals surface area contributed by atoms with E-state index >= 15 is 0 Å². The second kappa shape index (κ2) is 6.58. The van der Waals surface area contributed by atoms with E-state index in [0.717, 1.165) is 11.3 Å². The Balaban J connectivity index is 2.04. The van der Waals surface area contributed by atoms with E-state index in [2.05, 4.69) is 10.6 Å². The number of carbonyl (C=O) groups excluding carboxylic acids is 1. The number of rotatable bonds is 4. The molecule has 0 radical (unpaired) electrons. The number of likely N-dealkylation sites (tertiary alicyclic amines) is 1. The standard InChI is InChI=1S/C15H21N3O3/c1-10-8-18(9-12(10)14(19)20)15(21)17-13-6-4-3-5-11(13)7-16-2/h3-6,10,12,16H,7-9H2,1-2H3,(H,17,21)(H,19,20)/t10-,12-/m1/s1. The summed E-state index contributed by atoms with van der Waals surface area (Å²) in [6, 6.07) is 7.33. The molecule has 0 aliphatic carbocycles. The van der Waals surface area contributed by atoms with Crippen LogP contribution in [0.25, 0.3) is 0 Å². The van der Waals surface area contributed by atoms with Crippen LogP contribution < -0.4 is 10.6 Å². The Bertz CT molecular complexity index is 533. The van der Waals surface area contributed by atoms with Gasteiger partial charge in [-0.2, -0.15) is 0 Å². The molecule has 0 aromatic heterocycles. The van der Waals surface area contributed by atoms with Crippen LogP contribution in [0.15, 0.2) is 24.3 Å². The molecule has 6 nitrogen and oxygen atoms in total. The van der Waals surface area contributed by atoms with Gasteiger partial charge >= 0.3 is 12.0 Å². The largest absolute Gasteiger partial charge is 0.481 e. The lowest BCUT2D eigenvalue weighted by Gasteiger charge is -2.18. The highest BCUT2D eigenvalue weighted by Crippen LogP contribution is 2.24. The van der Waals surface area contributed by atoms with E-state index in [0.29, 0.717) is 13.1 Å². The highest BCUT2D eigenvalue weighted by molar-refractivity contribution is 5.91. The second-order valence-corrected chi connectivity index (χ2v) is 5.44. The van der Waals surface area contributed by atoms with Crippen LogP contribution in [0.3, 0.4) is 0 Å². The third-order valence-electron chi connectivity index (χ3n) is 3.84. The van der Waals surface area contributed by atoms with E-state index in [9.17, 15) is 9.59 Å². The molecule has 3 N–H and O–H groups in total. The van der Waals surface area contributed by atoms with Gasteiger partial charge in [0.05, 0.1) is 5.92 Å². The van der Waals surface area contributed by atoms with Crippen LogP contribution in [0.5, 0.6) is 0 Å². The number of carbonyl (C=O) groups is 2. The Kier molecular flexibility index (Phi) is 4.80. The Morgan fingerprint density at radius 2 is 2.05 bits per heavy atom. The maximum absolute atomic E-state index is 12.3. The van der Waals surface area contributed by atoms with Gasteiger partial charge in [-0.05, 0) is 24.6 Å². The fourth-order valence-corrected chi connectivity index (χ4v) is 2.64. The Labute approximate surface area is 124 Å². The maximum atomic E-state index is 12.3. The zero-order chi connectivity index (χ0) is 15.4. The Morgan fingerprint density at radius 1 is 1.33 bits per heavy atom. The Hall–Kier alpha value is -2.08. The lowest BCUT2D eigenvalue weighted by atomic mass is 9.99. The number of para-hydroxylation sites is 1. The van der Waals surface area contributed by atoms with Crippen LogP contribution >= 0.6 is 0 Å². The van der Waals surface area contributed by atoms with E-state index in [1.165, 1.54) is 0 Å². The van der Waals surface area contributed by atoms with Gasteiger partial charge in [0, 0.05) is 25.3 Å². The number of nitrogens with one attached hydrogen (secondary N) is 2. The Morgan fingerprint density at radius 3 is 2.67 bits per heavy atom. The zero-order valence-electron chi connectivity index (χ0n) is 12.3. The number of amides is 2. The molecule has 21 heavy (non-hydrogen) atoms. The van der Waals surface area contributed by atoms with E-state index in [4.69, 9.17) is 5.11 Å². The average molecular weight is 291 g/mol. The molecule has 0 spiro atoms. The number of aliphatic carboxylic acids is 1. The van der Waals surface area contributed by atoms with Gasteiger partial charge in [0.15, 0.2) is 0 Å². The quantitative estimate of drug-likeness (QED) is 0.787. The normalized spacial score (nSPS) is 21.3. The second-order valence-electron chi connectivity index (χ2n) is 5.44. The first-order valence-corrected chi connectivity index (χ1v) is 7.04. The molecule has 0 saturated carbocycles. The first kappa shape index (κ1) is 15.3. The molecule has 2 atom stereocenters. The van der Waals surface area contributed by atoms with Gasteiger partial charge in [-0.15, -0.1) is 0 Å². The molecule has 6 heteroatoms. The van der Waals surface area contributed by atoms with Crippen LogP contribution in [-0.2, 0) is 11.3 Å². The number of hydrogen-bond donors (Lipinski definition) is 3. The zero-order valence-corrected chi connectivity index (χ0v) is 12.3. The molecule has 1 aliphatic heterocycles. The van der Waals surface area contributed by atoms with E-state index in [1.54, 1.807) is 4.90 Å². The van der Waals surface area contributed by atoms with Crippen molar-refractivity contribution in [2.45, 2.75) is 13.5 Å². The average Bonchev–Trinajstić information content (AvgIpc) is 2.83. The summed E-state index contributed by atoms with van der Waals surface area (Å²) in [5.74, 6) is -1.35. The van der Waals surface area contributed by atoms with Gasteiger partial charge in [0.2, 0.25) is 0 Å². The minimum absolute atomic E-state index is 0.0270. The smallest absolute Gasteiger partial charge is 0.321 e. The van der Waals surface area contributed by atoms with Crippen LogP contribution in [0.4, 0.5) is 10.5 Å². The molecule has 1 heterocycles. The minimum Gasteiger partial charge on any atom is -0.481 e. The van der Waals surface area contributed by atoms with Gasteiger partial charge in [-0.3, -0.25) is 4.79 Å². The summed E-state index contributed by atoms with van der Waals surface area (Å²) in [5.41, 5.74) is 1.75. The number of carboxylic acids is 1. The summed E-state index contributed by atoms with van der Waals surface area (Å²) in [4.78, 5) is 25.0. The van der Waals surface area contributed by atoms with Crippen molar-refractivity contribution in [2.24, 2.45) is 11.8 Å². The third-order valence-corrected chi connectivity index (χ3v) is 3.84. The summed E-state index contributed by atoms with van der Waals surface area (Å²) in [5, 5.41) is 15.0. The van der Waals surface area contributed by atoms with Crippen LogP contribution in [0.2, 0.25) is 0 Å². The van der Waals surface area contributed by atoms with E-state index < -0.39 is 11.9 Å². The molecule has 0 bridgehead atoms. The van der Waals surface area contributed by atoms with Crippen molar-refractivity contribution in [2.75, 3.05) is 25.5 Å². The fraction of sp³-hybridized carbons (Fsp3) is 0.467. The summed E-state index contributed by atoms with van der Waals surface area (Å²) >= 11 is 0. The van der Waals surface area contributed by atoms with Crippen molar-refractivity contribution in [3.05, 3.63) is 29.8 Å². The highest BCUT2D eigenvalue weighted by Gasteiger charge is 2.37.